The number of carboxylic acid groups (broad SMARTS) is 1. The van der Waals surface area contributed by atoms with Crippen LogP contribution in [-0.4, -0.2) is 41.9 Å². The zero-order valence-electron chi connectivity index (χ0n) is 15.5. The van der Waals surface area contributed by atoms with Crippen LogP contribution in [0, 0.1) is 0 Å². The molecule has 0 saturated carbocycles. The van der Waals surface area contributed by atoms with Crippen LogP contribution >= 0.6 is 0 Å². The predicted octanol–water partition coefficient (Wildman–Crippen LogP) is 3.02. The Morgan fingerprint density at radius 1 is 1.00 bits per heavy atom. The van der Waals surface area contributed by atoms with E-state index in [0.29, 0.717) is 12.2 Å². The lowest BCUT2D eigenvalue weighted by atomic mass is 9.98. The average Bonchev–Trinajstić information content (AvgIpc) is 3.17. The van der Waals surface area contributed by atoms with Crippen molar-refractivity contribution < 1.29 is 24.2 Å². The van der Waals surface area contributed by atoms with Gasteiger partial charge in [0.2, 0.25) is 0 Å². The molecule has 28 heavy (non-hydrogen) atoms. The van der Waals surface area contributed by atoms with Crippen molar-refractivity contribution in [2.45, 2.75) is 12.5 Å². The highest BCUT2D eigenvalue weighted by Crippen LogP contribution is 2.34. The number of rotatable bonds is 6. The fourth-order valence-electron chi connectivity index (χ4n) is 2.98. The molecule has 2 aromatic carbocycles. The van der Waals surface area contributed by atoms with Gasteiger partial charge < -0.3 is 14.6 Å². The minimum Gasteiger partial charge on any atom is -0.497 e. The van der Waals surface area contributed by atoms with Crippen molar-refractivity contribution in [2.24, 2.45) is 5.10 Å². The van der Waals surface area contributed by atoms with Crippen molar-refractivity contribution >= 4 is 17.6 Å². The molecule has 1 N–H and O–H groups in total. The van der Waals surface area contributed by atoms with E-state index in [2.05, 4.69) is 5.10 Å². The Morgan fingerprint density at radius 3 is 2.11 bits per heavy atom. The Balaban J connectivity index is 1.92. The number of aliphatic carboxylic acids is 1. The summed E-state index contributed by atoms with van der Waals surface area (Å²) in [7, 11) is 3.18. The van der Waals surface area contributed by atoms with Gasteiger partial charge in [-0.15, -0.1) is 0 Å². The van der Waals surface area contributed by atoms with Crippen LogP contribution < -0.4 is 9.47 Å². The summed E-state index contributed by atoms with van der Waals surface area (Å²) in [5.74, 6) is -0.243. The number of carbonyl (C=O) groups is 2. The second kappa shape index (κ2) is 8.39. The first-order valence-electron chi connectivity index (χ1n) is 8.62. The third-order valence-corrected chi connectivity index (χ3v) is 4.43. The number of amides is 1. The van der Waals surface area contributed by atoms with Crippen molar-refractivity contribution in [1.82, 2.24) is 5.01 Å². The third-order valence-electron chi connectivity index (χ3n) is 4.43. The summed E-state index contributed by atoms with van der Waals surface area (Å²) >= 11 is 0. The molecule has 7 heteroatoms. The predicted molar refractivity (Wildman–Crippen MR) is 104 cm³/mol. The zero-order valence-corrected chi connectivity index (χ0v) is 15.5. The Hall–Kier alpha value is -3.61. The van der Waals surface area contributed by atoms with Crippen molar-refractivity contribution in [3.05, 3.63) is 71.8 Å². The van der Waals surface area contributed by atoms with Crippen molar-refractivity contribution in [3.8, 4) is 11.5 Å². The molecule has 0 bridgehead atoms. The molecule has 1 heterocycles. The molecule has 2 aromatic rings. The van der Waals surface area contributed by atoms with E-state index in [9.17, 15) is 9.59 Å². The van der Waals surface area contributed by atoms with E-state index in [1.165, 1.54) is 5.01 Å². The topological polar surface area (TPSA) is 88.4 Å². The number of hydrazone groups is 1. The summed E-state index contributed by atoms with van der Waals surface area (Å²) in [5, 5.41) is 14.6. The number of carbonyl (C=O) groups excluding carboxylic acids is 1. The van der Waals surface area contributed by atoms with E-state index in [-0.39, 0.29) is 6.04 Å². The molecule has 144 valence electrons. The largest absolute Gasteiger partial charge is 0.497 e. The number of hydrogen-bond donors (Lipinski definition) is 1. The van der Waals surface area contributed by atoms with Crippen LogP contribution in [0.25, 0.3) is 0 Å². The quantitative estimate of drug-likeness (QED) is 0.778. The van der Waals surface area contributed by atoms with E-state index < -0.39 is 11.9 Å². The fraction of sp³-hybridized carbons (Fsp3) is 0.190. The molecule has 0 spiro atoms. The van der Waals surface area contributed by atoms with Crippen LogP contribution in [0.5, 0.6) is 11.5 Å². The van der Waals surface area contributed by atoms with E-state index >= 15 is 0 Å². The van der Waals surface area contributed by atoms with Crippen LogP contribution in [0.2, 0.25) is 0 Å². The Morgan fingerprint density at radius 2 is 1.57 bits per heavy atom. The van der Waals surface area contributed by atoms with Gasteiger partial charge in [-0.3, -0.25) is 4.79 Å². The maximum absolute atomic E-state index is 12.6. The monoisotopic (exact) mass is 380 g/mol. The number of methoxy groups -OCH3 is 2. The lowest BCUT2D eigenvalue weighted by molar-refractivity contribution is -0.132. The Kier molecular flexibility index (Phi) is 5.74. The molecular formula is C21H20N2O5. The van der Waals surface area contributed by atoms with E-state index in [1.807, 2.05) is 48.5 Å². The molecule has 1 atom stereocenters. The summed E-state index contributed by atoms with van der Waals surface area (Å²) in [6, 6.07) is 14.5. The van der Waals surface area contributed by atoms with Gasteiger partial charge in [0.15, 0.2) is 0 Å². The van der Waals surface area contributed by atoms with Crippen LogP contribution in [-0.2, 0) is 9.59 Å². The maximum atomic E-state index is 12.6. The number of ether oxygens (including phenoxy) is 2. The molecule has 7 nitrogen and oxygen atoms in total. The van der Waals surface area contributed by atoms with Crippen molar-refractivity contribution in [2.75, 3.05) is 14.2 Å². The lowest BCUT2D eigenvalue weighted by Gasteiger charge is -2.20. The maximum Gasteiger partial charge on any atom is 0.328 e. The summed E-state index contributed by atoms with van der Waals surface area (Å²) < 4.78 is 10.4. The van der Waals surface area contributed by atoms with E-state index in [4.69, 9.17) is 14.6 Å². The van der Waals surface area contributed by atoms with Gasteiger partial charge >= 0.3 is 5.97 Å². The SMILES string of the molecule is COc1ccc(C2=NN(C(=O)C=CC(=O)O)C(c3ccc(OC)cc3)C2)cc1. The minimum absolute atomic E-state index is 0.339. The molecular weight excluding hydrogens is 360 g/mol. The van der Waals surface area contributed by atoms with Gasteiger partial charge in [-0.25, -0.2) is 9.80 Å². The molecule has 0 saturated heterocycles. The van der Waals surface area contributed by atoms with Gasteiger partial charge in [-0.05, 0) is 47.5 Å². The summed E-state index contributed by atoms with van der Waals surface area (Å²) in [6.07, 6.45) is 2.33. The van der Waals surface area contributed by atoms with Gasteiger partial charge in [-0.2, -0.15) is 5.10 Å². The van der Waals surface area contributed by atoms with E-state index in [0.717, 1.165) is 34.7 Å². The lowest BCUT2D eigenvalue weighted by Crippen LogP contribution is -2.25. The third kappa shape index (κ3) is 4.20. The second-order valence-corrected chi connectivity index (χ2v) is 6.12. The smallest absolute Gasteiger partial charge is 0.328 e. The average molecular weight is 380 g/mol. The second-order valence-electron chi connectivity index (χ2n) is 6.12. The number of nitrogens with zero attached hydrogens (tertiary/aromatic N) is 2. The first-order valence-corrected chi connectivity index (χ1v) is 8.62. The number of hydrogen-bond acceptors (Lipinski definition) is 5. The van der Waals surface area contributed by atoms with Gasteiger partial charge in [0.25, 0.3) is 5.91 Å². The number of benzene rings is 2. The molecule has 0 aliphatic carbocycles. The highest BCUT2D eigenvalue weighted by Gasteiger charge is 2.32. The minimum atomic E-state index is -1.19. The van der Waals surface area contributed by atoms with Gasteiger partial charge in [0.1, 0.15) is 11.5 Å². The Labute approximate surface area is 162 Å². The summed E-state index contributed by atoms with van der Waals surface area (Å²) in [6.45, 7) is 0. The summed E-state index contributed by atoms with van der Waals surface area (Å²) in [4.78, 5) is 23.3. The first-order chi connectivity index (χ1) is 13.5. The molecule has 0 radical (unpaired) electrons. The van der Waals surface area contributed by atoms with Crippen molar-refractivity contribution in [3.63, 3.8) is 0 Å². The highest BCUT2D eigenvalue weighted by atomic mass is 16.5. The standard InChI is InChI=1S/C21H20N2O5/c1-27-16-7-3-14(4-8-16)18-13-19(15-5-9-17(28-2)10-6-15)23(22-18)20(24)11-12-21(25)26/h3-12,19H,13H2,1-2H3,(H,25,26). The van der Waals surface area contributed by atoms with Gasteiger partial charge in [-0.1, -0.05) is 12.1 Å². The molecule has 1 unspecified atom stereocenters. The van der Waals surface area contributed by atoms with E-state index in [1.54, 1.807) is 14.2 Å². The molecule has 0 aromatic heterocycles. The zero-order chi connectivity index (χ0) is 20.1. The first kappa shape index (κ1) is 19.2. The normalized spacial score (nSPS) is 16.1. The molecule has 1 aliphatic heterocycles. The van der Waals surface area contributed by atoms with Crippen LogP contribution in [0.1, 0.15) is 23.6 Å². The van der Waals surface area contributed by atoms with Crippen LogP contribution in [0.4, 0.5) is 0 Å². The molecule has 3 rings (SSSR count). The van der Waals surface area contributed by atoms with Crippen molar-refractivity contribution in [1.29, 1.82) is 0 Å². The molecule has 1 aliphatic rings. The molecule has 0 fully saturated rings. The van der Waals surface area contributed by atoms with Crippen LogP contribution in [0.3, 0.4) is 0 Å². The fourth-order valence-corrected chi connectivity index (χ4v) is 2.98. The van der Waals surface area contributed by atoms with Crippen LogP contribution in [0.15, 0.2) is 65.8 Å². The summed E-state index contributed by atoms with van der Waals surface area (Å²) in [5.41, 5.74) is 2.49. The molecule has 1 amide bonds. The van der Waals surface area contributed by atoms with Gasteiger partial charge in [0, 0.05) is 18.6 Å². The highest BCUT2D eigenvalue weighted by molar-refractivity contribution is 6.04. The number of carboxylic acids is 1. The van der Waals surface area contributed by atoms with Gasteiger partial charge in [0.05, 0.1) is 26.0 Å². The Bertz CT molecular complexity index is 917.